The lowest BCUT2D eigenvalue weighted by atomic mass is 10.2. The van der Waals surface area contributed by atoms with Gasteiger partial charge in [-0.05, 0) is 38.9 Å². The van der Waals surface area contributed by atoms with E-state index < -0.39 is 29.0 Å². The molecule has 0 saturated heterocycles. The first kappa shape index (κ1) is 21.0. The molecule has 0 unspecified atom stereocenters. The van der Waals surface area contributed by atoms with Gasteiger partial charge in [-0.2, -0.15) is 0 Å². The van der Waals surface area contributed by atoms with E-state index in [-0.39, 0.29) is 25.0 Å². The first-order chi connectivity index (χ1) is 11.7. The molecule has 0 spiro atoms. The molecule has 5 nitrogen and oxygen atoms in total. The Morgan fingerprint density at radius 1 is 1.12 bits per heavy atom. The second-order valence-corrected chi connectivity index (χ2v) is 6.08. The Balaban J connectivity index is 2.74. The smallest absolute Gasteiger partial charge is 0.238 e. The lowest BCUT2D eigenvalue weighted by Crippen LogP contribution is -2.44. The van der Waals surface area contributed by atoms with Gasteiger partial charge in [-0.3, -0.25) is 14.5 Å². The Morgan fingerprint density at radius 3 is 2.32 bits per heavy atom. The molecule has 0 aliphatic rings. The van der Waals surface area contributed by atoms with Gasteiger partial charge in [0.25, 0.3) is 0 Å². The standard InChI is InChI=1S/C17H24F3N3O2/c1-5-8-23(10-15(25)22(4)11(2)3)9-14(24)21-13-7-6-12(18)16(19)17(13)20/h6-7,11H,5,8-10H2,1-4H3,(H,21,24). The number of rotatable bonds is 8. The number of carbonyl (C=O) groups is 2. The van der Waals surface area contributed by atoms with Gasteiger partial charge < -0.3 is 10.2 Å². The number of benzene rings is 1. The summed E-state index contributed by atoms with van der Waals surface area (Å²) in [5, 5.41) is 2.21. The molecule has 1 aromatic carbocycles. The molecule has 0 heterocycles. The van der Waals surface area contributed by atoms with E-state index in [9.17, 15) is 22.8 Å². The molecule has 0 atom stereocenters. The molecule has 0 aliphatic carbocycles. The summed E-state index contributed by atoms with van der Waals surface area (Å²) >= 11 is 0. The second kappa shape index (κ2) is 9.41. The molecule has 8 heteroatoms. The van der Waals surface area contributed by atoms with Crippen molar-refractivity contribution in [1.82, 2.24) is 9.80 Å². The molecule has 140 valence electrons. The Labute approximate surface area is 145 Å². The molecular weight excluding hydrogens is 335 g/mol. The summed E-state index contributed by atoms with van der Waals surface area (Å²) in [4.78, 5) is 27.4. The average molecular weight is 359 g/mol. The van der Waals surface area contributed by atoms with Gasteiger partial charge in [0.1, 0.15) is 0 Å². The van der Waals surface area contributed by atoms with Gasteiger partial charge in [0.15, 0.2) is 17.5 Å². The van der Waals surface area contributed by atoms with Crippen molar-refractivity contribution >= 4 is 17.5 Å². The van der Waals surface area contributed by atoms with E-state index in [1.165, 1.54) is 0 Å². The van der Waals surface area contributed by atoms with E-state index in [1.807, 2.05) is 20.8 Å². The van der Waals surface area contributed by atoms with Crippen LogP contribution in [0.25, 0.3) is 0 Å². The number of hydrogen-bond donors (Lipinski definition) is 1. The molecule has 0 fully saturated rings. The molecule has 0 radical (unpaired) electrons. The molecule has 25 heavy (non-hydrogen) atoms. The Kier molecular flexibility index (Phi) is 7.89. The van der Waals surface area contributed by atoms with Gasteiger partial charge >= 0.3 is 0 Å². The third kappa shape index (κ3) is 6.04. The van der Waals surface area contributed by atoms with E-state index >= 15 is 0 Å². The number of amides is 2. The minimum Gasteiger partial charge on any atom is -0.342 e. The van der Waals surface area contributed by atoms with Crippen LogP contribution < -0.4 is 5.32 Å². The van der Waals surface area contributed by atoms with Crippen molar-refractivity contribution < 1.29 is 22.8 Å². The highest BCUT2D eigenvalue weighted by Crippen LogP contribution is 2.19. The van der Waals surface area contributed by atoms with Crippen LogP contribution in [0.2, 0.25) is 0 Å². The monoisotopic (exact) mass is 359 g/mol. The maximum absolute atomic E-state index is 13.6. The Morgan fingerprint density at radius 2 is 1.76 bits per heavy atom. The van der Waals surface area contributed by atoms with Crippen LogP contribution in [0.5, 0.6) is 0 Å². The fraction of sp³-hybridized carbons (Fsp3) is 0.529. The molecule has 2 amide bonds. The highest BCUT2D eigenvalue weighted by molar-refractivity contribution is 5.92. The molecule has 0 saturated carbocycles. The number of carbonyl (C=O) groups excluding carboxylic acids is 2. The zero-order chi connectivity index (χ0) is 19.1. The predicted octanol–water partition coefficient (Wildman–Crippen LogP) is 2.62. The van der Waals surface area contributed by atoms with Crippen LogP contribution >= 0.6 is 0 Å². The highest BCUT2D eigenvalue weighted by atomic mass is 19.2. The first-order valence-electron chi connectivity index (χ1n) is 8.08. The SMILES string of the molecule is CCCN(CC(=O)Nc1ccc(F)c(F)c1F)CC(=O)N(C)C(C)C. The number of nitrogens with one attached hydrogen (secondary N) is 1. The van der Waals surface area contributed by atoms with Crippen LogP contribution in [-0.4, -0.2) is 54.3 Å². The van der Waals surface area contributed by atoms with Gasteiger partial charge in [0.05, 0.1) is 18.8 Å². The zero-order valence-corrected chi connectivity index (χ0v) is 14.9. The van der Waals surface area contributed by atoms with E-state index in [0.717, 1.165) is 12.1 Å². The third-order valence-corrected chi connectivity index (χ3v) is 3.74. The van der Waals surface area contributed by atoms with Gasteiger partial charge in [-0.25, -0.2) is 13.2 Å². The van der Waals surface area contributed by atoms with Gasteiger partial charge in [0.2, 0.25) is 11.8 Å². The van der Waals surface area contributed by atoms with Crippen molar-refractivity contribution in [2.24, 2.45) is 0 Å². The fourth-order valence-corrected chi connectivity index (χ4v) is 2.14. The predicted molar refractivity (Wildman–Crippen MR) is 89.6 cm³/mol. The minimum absolute atomic E-state index is 0.0288. The van der Waals surface area contributed by atoms with Crippen molar-refractivity contribution in [1.29, 1.82) is 0 Å². The number of nitrogens with zero attached hydrogens (tertiary/aromatic N) is 2. The molecule has 1 rings (SSSR count). The van der Waals surface area contributed by atoms with Crippen LogP contribution in [-0.2, 0) is 9.59 Å². The average Bonchev–Trinajstić information content (AvgIpc) is 2.54. The van der Waals surface area contributed by atoms with Crippen LogP contribution in [0.4, 0.5) is 18.9 Å². The van der Waals surface area contributed by atoms with Crippen molar-refractivity contribution in [3.63, 3.8) is 0 Å². The van der Waals surface area contributed by atoms with E-state index in [2.05, 4.69) is 5.32 Å². The van der Waals surface area contributed by atoms with Crippen molar-refractivity contribution in [2.75, 3.05) is 32.0 Å². The zero-order valence-electron chi connectivity index (χ0n) is 14.9. The summed E-state index contributed by atoms with van der Waals surface area (Å²) in [6.07, 6.45) is 0.714. The van der Waals surface area contributed by atoms with Crippen LogP contribution in [0.15, 0.2) is 12.1 Å². The minimum atomic E-state index is -1.64. The Hall–Kier alpha value is -2.09. The number of halogens is 3. The number of anilines is 1. The van der Waals surface area contributed by atoms with Gasteiger partial charge in [-0.15, -0.1) is 0 Å². The molecule has 0 aliphatic heterocycles. The number of hydrogen-bond acceptors (Lipinski definition) is 3. The van der Waals surface area contributed by atoms with Gasteiger partial charge in [-0.1, -0.05) is 6.92 Å². The van der Waals surface area contributed by atoms with E-state index in [0.29, 0.717) is 13.0 Å². The summed E-state index contributed by atoms with van der Waals surface area (Å²) in [5.41, 5.74) is -0.439. The maximum atomic E-state index is 13.6. The lowest BCUT2D eigenvalue weighted by molar-refractivity contribution is -0.133. The lowest BCUT2D eigenvalue weighted by Gasteiger charge is -2.26. The summed E-state index contributed by atoms with van der Waals surface area (Å²) in [7, 11) is 1.67. The molecule has 1 N–H and O–H groups in total. The van der Waals surface area contributed by atoms with Crippen LogP contribution in [0.1, 0.15) is 27.2 Å². The largest absolute Gasteiger partial charge is 0.342 e. The summed E-state index contributed by atoms with van der Waals surface area (Å²) in [6.45, 7) is 6.02. The van der Waals surface area contributed by atoms with Crippen molar-refractivity contribution in [3.8, 4) is 0 Å². The molecule has 1 aromatic rings. The van der Waals surface area contributed by atoms with E-state index in [1.54, 1.807) is 16.8 Å². The summed E-state index contributed by atoms with van der Waals surface area (Å²) in [6, 6.07) is 1.72. The quantitative estimate of drug-likeness (QED) is 0.726. The normalized spacial score (nSPS) is 11.1. The van der Waals surface area contributed by atoms with Crippen LogP contribution in [0, 0.1) is 17.5 Å². The summed E-state index contributed by atoms with van der Waals surface area (Å²) < 4.78 is 39.7. The molecule has 0 aromatic heterocycles. The maximum Gasteiger partial charge on any atom is 0.238 e. The topological polar surface area (TPSA) is 52.7 Å². The molecule has 0 bridgehead atoms. The number of likely N-dealkylation sites (N-methyl/N-ethyl adjacent to an activating group) is 1. The molecular formula is C17H24F3N3O2. The van der Waals surface area contributed by atoms with Gasteiger partial charge in [0, 0.05) is 13.1 Å². The van der Waals surface area contributed by atoms with Crippen molar-refractivity contribution in [3.05, 3.63) is 29.6 Å². The Bertz CT molecular complexity index is 623. The second-order valence-electron chi connectivity index (χ2n) is 6.08. The van der Waals surface area contributed by atoms with Crippen molar-refractivity contribution in [2.45, 2.75) is 33.2 Å². The highest BCUT2D eigenvalue weighted by Gasteiger charge is 2.20. The first-order valence-corrected chi connectivity index (χ1v) is 8.08. The van der Waals surface area contributed by atoms with E-state index in [4.69, 9.17) is 0 Å². The summed E-state index contributed by atoms with van der Waals surface area (Å²) in [5.74, 6) is -5.18. The third-order valence-electron chi connectivity index (χ3n) is 3.74. The van der Waals surface area contributed by atoms with Crippen LogP contribution in [0.3, 0.4) is 0 Å². The fourth-order valence-electron chi connectivity index (χ4n) is 2.14.